The van der Waals surface area contributed by atoms with Crippen molar-refractivity contribution in [1.82, 2.24) is 0 Å². The zero-order valence-electron chi connectivity index (χ0n) is 7.37. The number of carbonyl (C=O) groups is 1. The summed E-state index contributed by atoms with van der Waals surface area (Å²) in [6.07, 6.45) is 0.905. The lowest BCUT2D eigenvalue weighted by Crippen LogP contribution is -2.28. The van der Waals surface area contributed by atoms with Gasteiger partial charge in [-0.05, 0) is 13.8 Å². The first-order valence-corrected chi connectivity index (χ1v) is 5.55. The van der Waals surface area contributed by atoms with Gasteiger partial charge in [-0.3, -0.25) is 0 Å². The Morgan fingerprint density at radius 1 is 1.36 bits per heavy atom. The van der Waals surface area contributed by atoms with Gasteiger partial charge in [-0.1, -0.05) is 6.92 Å². The molecule has 0 aromatic heterocycles. The van der Waals surface area contributed by atoms with Crippen molar-refractivity contribution in [3.05, 3.63) is 0 Å². The highest BCUT2D eigenvalue weighted by Gasteiger charge is 2.20. The molecule has 0 radical (unpaired) electrons. The van der Waals surface area contributed by atoms with Crippen molar-refractivity contribution in [2.75, 3.05) is 13.2 Å². The molecule has 0 aromatic rings. The number of hydrogen-bond donors (Lipinski definition) is 0. The Morgan fingerprint density at radius 3 is 2.09 bits per heavy atom. The Balaban J connectivity index is 3.75. The van der Waals surface area contributed by atoms with Crippen LogP contribution >= 0.6 is 0 Å². The third-order valence-electron chi connectivity index (χ3n) is 1.31. The molecule has 11 heavy (non-hydrogen) atoms. The Hall–Kier alpha value is -0.193. The molecule has 66 valence electrons. The second kappa shape index (κ2) is 6.51. The summed E-state index contributed by atoms with van der Waals surface area (Å²) in [7, 11) is -1.70. The summed E-state index contributed by atoms with van der Waals surface area (Å²) in [4.78, 5) is 10.4. The number of rotatable bonds is 6. The molecular formula is C7H16O3Si. The van der Waals surface area contributed by atoms with Gasteiger partial charge in [0.1, 0.15) is 6.29 Å². The van der Waals surface area contributed by atoms with Crippen LogP contribution in [0, 0.1) is 0 Å². The average Bonchev–Trinajstić information content (AvgIpc) is 2.03. The lowest BCUT2D eigenvalue weighted by atomic mass is 10.5. The summed E-state index contributed by atoms with van der Waals surface area (Å²) in [6, 6.07) is 0. The molecule has 0 spiro atoms. The van der Waals surface area contributed by atoms with E-state index in [1.165, 1.54) is 0 Å². The lowest BCUT2D eigenvalue weighted by molar-refractivity contribution is -0.108. The summed E-state index contributed by atoms with van der Waals surface area (Å²) >= 11 is 0. The molecule has 0 amide bonds. The summed E-state index contributed by atoms with van der Waals surface area (Å²) in [6.45, 7) is 6.94. The molecule has 0 heterocycles. The monoisotopic (exact) mass is 176 g/mol. The minimum Gasteiger partial charge on any atom is -0.396 e. The summed E-state index contributed by atoms with van der Waals surface area (Å²) < 4.78 is 10.6. The summed E-state index contributed by atoms with van der Waals surface area (Å²) in [5.41, 5.74) is -0.0464. The molecule has 0 aliphatic rings. The topological polar surface area (TPSA) is 35.5 Å². The second-order valence-corrected chi connectivity index (χ2v) is 4.73. The van der Waals surface area contributed by atoms with Crippen molar-refractivity contribution in [1.29, 1.82) is 0 Å². The van der Waals surface area contributed by atoms with Gasteiger partial charge in [0, 0.05) is 13.2 Å². The highest BCUT2D eigenvalue weighted by atomic mass is 28.3. The van der Waals surface area contributed by atoms with E-state index in [0.29, 0.717) is 13.2 Å². The molecule has 0 N–H and O–H groups in total. The molecule has 0 aliphatic heterocycles. The molecule has 1 atom stereocenters. The van der Waals surface area contributed by atoms with E-state index in [9.17, 15) is 4.79 Å². The molecule has 0 aromatic carbocycles. The van der Waals surface area contributed by atoms with Crippen molar-refractivity contribution < 1.29 is 13.6 Å². The van der Waals surface area contributed by atoms with Crippen molar-refractivity contribution in [2.24, 2.45) is 0 Å². The molecule has 1 unspecified atom stereocenters. The Bertz CT molecular complexity index is 102. The molecule has 3 nitrogen and oxygen atoms in total. The first kappa shape index (κ1) is 10.8. The van der Waals surface area contributed by atoms with Crippen LogP contribution in [0.15, 0.2) is 0 Å². The molecule has 0 saturated heterocycles. The summed E-state index contributed by atoms with van der Waals surface area (Å²) in [5, 5.41) is 0. The minimum absolute atomic E-state index is 0.0464. The van der Waals surface area contributed by atoms with Gasteiger partial charge in [0.15, 0.2) is 0 Å². The largest absolute Gasteiger partial charge is 0.396 e. The van der Waals surface area contributed by atoms with E-state index < -0.39 is 9.28 Å². The average molecular weight is 176 g/mol. The normalized spacial score (nSPS) is 13.5. The first-order valence-electron chi connectivity index (χ1n) is 3.94. The fraction of sp³-hybridized carbons (Fsp3) is 0.857. The zero-order valence-corrected chi connectivity index (χ0v) is 8.53. The first-order chi connectivity index (χ1) is 5.26. The highest BCUT2D eigenvalue weighted by molar-refractivity contribution is 6.50. The zero-order chi connectivity index (χ0) is 8.69. The number of hydrogen-bond acceptors (Lipinski definition) is 3. The van der Waals surface area contributed by atoms with Crippen LogP contribution in [0.1, 0.15) is 20.8 Å². The third-order valence-corrected chi connectivity index (χ3v) is 3.65. The van der Waals surface area contributed by atoms with Crippen LogP contribution in [0.5, 0.6) is 0 Å². The highest BCUT2D eigenvalue weighted by Crippen LogP contribution is 2.07. The maximum atomic E-state index is 10.4. The molecule has 0 bridgehead atoms. The van der Waals surface area contributed by atoms with E-state index in [0.717, 1.165) is 6.29 Å². The van der Waals surface area contributed by atoms with Gasteiger partial charge in [-0.25, -0.2) is 0 Å². The van der Waals surface area contributed by atoms with E-state index >= 15 is 0 Å². The van der Waals surface area contributed by atoms with Crippen LogP contribution in [-0.2, 0) is 13.6 Å². The van der Waals surface area contributed by atoms with Gasteiger partial charge in [-0.15, -0.1) is 0 Å². The molecule has 0 fully saturated rings. The van der Waals surface area contributed by atoms with Crippen LogP contribution in [0.25, 0.3) is 0 Å². The van der Waals surface area contributed by atoms with Crippen molar-refractivity contribution in [3.63, 3.8) is 0 Å². The third kappa shape index (κ3) is 4.29. The van der Waals surface area contributed by atoms with Crippen LogP contribution in [0.2, 0.25) is 5.54 Å². The number of carbonyl (C=O) groups excluding carboxylic acids is 1. The SMILES string of the molecule is CCO[SiH](OCC)C(C)C=O. The van der Waals surface area contributed by atoms with E-state index in [1.54, 1.807) is 0 Å². The fourth-order valence-corrected chi connectivity index (χ4v) is 2.23. The smallest absolute Gasteiger partial charge is 0.331 e. The molecule has 0 aliphatic carbocycles. The lowest BCUT2D eigenvalue weighted by Gasteiger charge is -2.16. The van der Waals surface area contributed by atoms with Crippen LogP contribution < -0.4 is 0 Å². The van der Waals surface area contributed by atoms with Crippen LogP contribution in [0.4, 0.5) is 0 Å². The van der Waals surface area contributed by atoms with Crippen LogP contribution in [0.3, 0.4) is 0 Å². The fourth-order valence-electron chi connectivity index (χ4n) is 0.744. The predicted octanol–water partition coefficient (Wildman–Crippen LogP) is 0.869. The van der Waals surface area contributed by atoms with E-state index in [-0.39, 0.29) is 5.54 Å². The van der Waals surface area contributed by atoms with Crippen LogP contribution in [-0.4, -0.2) is 28.8 Å². The van der Waals surface area contributed by atoms with Gasteiger partial charge < -0.3 is 13.6 Å². The van der Waals surface area contributed by atoms with Crippen molar-refractivity contribution in [3.8, 4) is 0 Å². The minimum atomic E-state index is -1.70. The molecule has 0 rings (SSSR count). The maximum Gasteiger partial charge on any atom is 0.331 e. The standard InChI is InChI=1S/C7H16O3Si/c1-4-9-11(10-5-2)7(3)6-8/h6-7,11H,4-5H2,1-3H3. The Kier molecular flexibility index (Phi) is 6.40. The molecule has 4 heteroatoms. The van der Waals surface area contributed by atoms with Gasteiger partial charge in [0.2, 0.25) is 0 Å². The van der Waals surface area contributed by atoms with E-state index in [1.807, 2.05) is 20.8 Å². The predicted molar refractivity (Wildman–Crippen MR) is 45.9 cm³/mol. The maximum absolute atomic E-state index is 10.4. The van der Waals surface area contributed by atoms with Gasteiger partial charge in [0.05, 0.1) is 5.54 Å². The second-order valence-electron chi connectivity index (χ2n) is 2.27. The van der Waals surface area contributed by atoms with E-state index in [4.69, 9.17) is 8.85 Å². The van der Waals surface area contributed by atoms with Crippen molar-refractivity contribution in [2.45, 2.75) is 26.3 Å². The summed E-state index contributed by atoms with van der Waals surface area (Å²) in [5.74, 6) is 0. The Labute approximate surface area is 69.5 Å². The number of aldehydes is 1. The van der Waals surface area contributed by atoms with Gasteiger partial charge >= 0.3 is 9.28 Å². The molecular weight excluding hydrogens is 160 g/mol. The quantitative estimate of drug-likeness (QED) is 0.445. The Morgan fingerprint density at radius 2 is 1.82 bits per heavy atom. The van der Waals surface area contributed by atoms with Gasteiger partial charge in [-0.2, -0.15) is 0 Å². The van der Waals surface area contributed by atoms with E-state index in [2.05, 4.69) is 0 Å². The molecule has 0 saturated carbocycles. The van der Waals surface area contributed by atoms with Crippen molar-refractivity contribution >= 4 is 15.6 Å². The van der Waals surface area contributed by atoms with Gasteiger partial charge in [0.25, 0.3) is 0 Å².